The van der Waals surface area contributed by atoms with E-state index in [9.17, 15) is 13.2 Å². The molecule has 2 aliphatic rings. The number of fused-ring (bicyclic) bond motifs is 1. The van der Waals surface area contributed by atoms with Crippen LogP contribution in [0.3, 0.4) is 0 Å². The summed E-state index contributed by atoms with van der Waals surface area (Å²) < 4.78 is 58.7. The van der Waals surface area contributed by atoms with Gasteiger partial charge in [-0.05, 0) is 80.1 Å². The zero-order valence-electron chi connectivity index (χ0n) is 29.8. The first-order chi connectivity index (χ1) is 24.2. The predicted octanol–water partition coefficient (Wildman–Crippen LogP) is 5.90. The number of rotatable bonds is 15. The van der Waals surface area contributed by atoms with Gasteiger partial charge in [0.15, 0.2) is 0 Å². The minimum atomic E-state index is -3.92. The Kier molecular flexibility index (Phi) is 13.0. The zero-order chi connectivity index (χ0) is 35.7. The van der Waals surface area contributed by atoms with Crippen LogP contribution in [0.25, 0.3) is 0 Å². The Hall–Kier alpha value is -3.84. The Labute approximate surface area is 296 Å². The first-order valence-electron chi connectivity index (χ1n) is 17.3. The molecule has 3 aromatic carbocycles. The standard InChI is InChI=1S/C38H51N3O8S/c1-6-30(39-38(42)47-5)23-31-24-34(29-11-13-32(46-4)14-12-29)37(25-41(31)50(43,44)33-15-8-27(2)9-16-33)49-26-28-10-17-36-35(22-28)40(19-21-48-36)18-7-20-45-3/h8-17,22,30-31,34,37H,6-7,18-21,23-26H2,1-5H3,(H,39,42)/t30-,31+,34-,37+/m1/s1. The highest BCUT2D eigenvalue weighted by Crippen LogP contribution is 2.40. The fourth-order valence-corrected chi connectivity index (χ4v) is 8.52. The van der Waals surface area contributed by atoms with Crippen molar-refractivity contribution in [2.24, 2.45) is 0 Å². The summed E-state index contributed by atoms with van der Waals surface area (Å²) in [6.45, 7) is 7.29. The number of amides is 1. The van der Waals surface area contributed by atoms with Crippen LogP contribution in [0.4, 0.5) is 10.5 Å². The van der Waals surface area contributed by atoms with Crippen LogP contribution in [0, 0.1) is 6.92 Å². The maximum absolute atomic E-state index is 14.4. The molecule has 11 nitrogen and oxygen atoms in total. The van der Waals surface area contributed by atoms with E-state index in [1.165, 1.54) is 7.11 Å². The molecule has 2 aliphatic heterocycles. The Morgan fingerprint density at radius 3 is 2.48 bits per heavy atom. The van der Waals surface area contributed by atoms with Crippen LogP contribution in [-0.2, 0) is 30.8 Å². The van der Waals surface area contributed by atoms with E-state index < -0.39 is 28.3 Å². The number of aryl methyl sites for hydroxylation is 1. The summed E-state index contributed by atoms with van der Waals surface area (Å²) in [7, 11) is 0.748. The minimum absolute atomic E-state index is 0.127. The summed E-state index contributed by atoms with van der Waals surface area (Å²) in [6, 6.07) is 20.2. The molecule has 272 valence electrons. The highest BCUT2D eigenvalue weighted by Gasteiger charge is 2.43. The van der Waals surface area contributed by atoms with Crippen LogP contribution in [0.15, 0.2) is 71.6 Å². The largest absolute Gasteiger partial charge is 0.497 e. The van der Waals surface area contributed by atoms with Gasteiger partial charge < -0.3 is 33.9 Å². The Morgan fingerprint density at radius 1 is 1.04 bits per heavy atom. The fraction of sp³-hybridized carbons (Fsp3) is 0.500. The molecule has 0 bridgehead atoms. The van der Waals surface area contributed by atoms with Gasteiger partial charge in [-0.1, -0.05) is 42.8 Å². The third-order valence-electron chi connectivity index (χ3n) is 9.69. The number of hydrogen-bond donors (Lipinski definition) is 1. The summed E-state index contributed by atoms with van der Waals surface area (Å²) in [5, 5.41) is 2.90. The Balaban J connectivity index is 1.47. The lowest BCUT2D eigenvalue weighted by Crippen LogP contribution is -2.54. The maximum Gasteiger partial charge on any atom is 0.407 e. The summed E-state index contributed by atoms with van der Waals surface area (Å²) in [4.78, 5) is 14.8. The third-order valence-corrected chi connectivity index (χ3v) is 11.6. The van der Waals surface area contributed by atoms with Gasteiger partial charge in [-0.25, -0.2) is 13.2 Å². The highest BCUT2D eigenvalue weighted by molar-refractivity contribution is 7.89. The van der Waals surface area contributed by atoms with Gasteiger partial charge in [0.1, 0.15) is 18.1 Å². The molecule has 0 aromatic heterocycles. The van der Waals surface area contributed by atoms with E-state index in [4.69, 9.17) is 23.7 Å². The zero-order valence-corrected chi connectivity index (χ0v) is 30.6. The molecule has 0 spiro atoms. The van der Waals surface area contributed by atoms with Crippen molar-refractivity contribution < 1.29 is 36.9 Å². The Morgan fingerprint density at radius 2 is 1.80 bits per heavy atom. The van der Waals surface area contributed by atoms with Crippen LogP contribution >= 0.6 is 0 Å². The second kappa shape index (κ2) is 17.4. The SMILES string of the molecule is CC[C@H](C[C@H]1C[C@H](c2ccc(OC)cc2)[C@@H](OCc2ccc3c(c2)N(CCCOC)CCO3)CN1S(=O)(=O)c1ccc(C)cc1)NC(=O)OC. The number of nitrogens with zero attached hydrogens (tertiary/aromatic N) is 2. The van der Waals surface area contributed by atoms with Gasteiger partial charge in [-0.15, -0.1) is 0 Å². The van der Waals surface area contributed by atoms with Gasteiger partial charge in [-0.2, -0.15) is 4.31 Å². The first kappa shape index (κ1) is 37.4. The number of nitrogens with one attached hydrogen (secondary N) is 1. The average molecular weight is 710 g/mol. The van der Waals surface area contributed by atoms with E-state index in [-0.39, 0.29) is 23.4 Å². The van der Waals surface area contributed by atoms with Crippen molar-refractivity contribution in [1.29, 1.82) is 0 Å². The Bertz CT molecular complexity index is 1650. The summed E-state index contributed by atoms with van der Waals surface area (Å²) in [5.41, 5.74) is 4.00. The number of methoxy groups -OCH3 is 3. The molecule has 0 saturated carbocycles. The quantitative estimate of drug-likeness (QED) is 0.193. The number of carbonyl (C=O) groups is 1. The second-order valence-corrected chi connectivity index (χ2v) is 14.9. The fourth-order valence-electron chi connectivity index (χ4n) is 6.87. The molecule has 1 saturated heterocycles. The van der Waals surface area contributed by atoms with Crippen molar-refractivity contribution in [3.05, 3.63) is 83.4 Å². The molecule has 3 aromatic rings. The molecule has 0 radical (unpaired) electrons. The molecule has 2 heterocycles. The predicted molar refractivity (Wildman–Crippen MR) is 193 cm³/mol. The van der Waals surface area contributed by atoms with Crippen LogP contribution in [0.1, 0.15) is 55.2 Å². The lowest BCUT2D eigenvalue weighted by molar-refractivity contribution is -0.0219. The van der Waals surface area contributed by atoms with E-state index in [0.29, 0.717) is 39.1 Å². The van der Waals surface area contributed by atoms with Crippen molar-refractivity contribution in [2.75, 3.05) is 59.1 Å². The van der Waals surface area contributed by atoms with Gasteiger partial charge in [0.25, 0.3) is 0 Å². The van der Waals surface area contributed by atoms with E-state index in [2.05, 4.69) is 16.3 Å². The monoisotopic (exact) mass is 709 g/mol. The molecule has 1 fully saturated rings. The minimum Gasteiger partial charge on any atom is -0.497 e. The maximum atomic E-state index is 14.4. The van der Waals surface area contributed by atoms with Crippen molar-refractivity contribution in [1.82, 2.24) is 9.62 Å². The second-order valence-electron chi connectivity index (χ2n) is 13.0. The molecular formula is C38H51N3O8S. The molecule has 4 atom stereocenters. The lowest BCUT2D eigenvalue weighted by atomic mass is 9.82. The summed E-state index contributed by atoms with van der Waals surface area (Å²) >= 11 is 0. The number of carbonyl (C=O) groups excluding carboxylic acids is 1. The lowest BCUT2D eigenvalue weighted by Gasteiger charge is -2.44. The molecular weight excluding hydrogens is 658 g/mol. The number of benzene rings is 3. The van der Waals surface area contributed by atoms with Crippen LogP contribution in [0.2, 0.25) is 0 Å². The van der Waals surface area contributed by atoms with Crippen molar-refractivity contribution in [3.63, 3.8) is 0 Å². The molecule has 0 aliphatic carbocycles. The number of hydrogen-bond acceptors (Lipinski definition) is 9. The topological polar surface area (TPSA) is 116 Å². The van der Waals surface area contributed by atoms with E-state index in [1.54, 1.807) is 30.7 Å². The molecule has 5 rings (SSSR count). The molecule has 50 heavy (non-hydrogen) atoms. The van der Waals surface area contributed by atoms with Crippen molar-refractivity contribution in [3.8, 4) is 11.5 Å². The average Bonchev–Trinajstić information content (AvgIpc) is 3.14. The van der Waals surface area contributed by atoms with Gasteiger partial charge in [0, 0.05) is 44.8 Å². The molecule has 1 N–H and O–H groups in total. The van der Waals surface area contributed by atoms with Crippen LogP contribution in [-0.4, -0.2) is 91.2 Å². The van der Waals surface area contributed by atoms with Crippen LogP contribution < -0.4 is 19.7 Å². The van der Waals surface area contributed by atoms with E-state index in [1.807, 2.05) is 62.4 Å². The van der Waals surface area contributed by atoms with E-state index in [0.717, 1.165) is 53.4 Å². The van der Waals surface area contributed by atoms with Gasteiger partial charge >= 0.3 is 6.09 Å². The normalized spacial score (nSPS) is 20.0. The summed E-state index contributed by atoms with van der Waals surface area (Å²) in [5.74, 6) is 1.45. The van der Waals surface area contributed by atoms with Crippen molar-refractivity contribution in [2.45, 2.75) is 75.1 Å². The number of sulfonamides is 1. The third kappa shape index (κ3) is 9.08. The molecule has 0 unspecified atom stereocenters. The van der Waals surface area contributed by atoms with Gasteiger partial charge in [-0.3, -0.25) is 0 Å². The number of alkyl carbamates (subject to hydrolysis) is 1. The van der Waals surface area contributed by atoms with E-state index >= 15 is 0 Å². The van der Waals surface area contributed by atoms with Gasteiger partial charge in [0.05, 0.1) is 44.1 Å². The first-order valence-corrected chi connectivity index (χ1v) is 18.8. The summed E-state index contributed by atoms with van der Waals surface area (Å²) in [6.07, 6.45) is 1.43. The number of piperidine rings is 1. The van der Waals surface area contributed by atoms with Gasteiger partial charge in [0.2, 0.25) is 10.0 Å². The molecule has 1 amide bonds. The highest BCUT2D eigenvalue weighted by atomic mass is 32.2. The van der Waals surface area contributed by atoms with Crippen LogP contribution in [0.5, 0.6) is 11.5 Å². The smallest absolute Gasteiger partial charge is 0.407 e. The van der Waals surface area contributed by atoms with Crippen molar-refractivity contribution >= 4 is 21.8 Å². The number of anilines is 1. The number of ether oxygens (including phenoxy) is 5. The molecule has 12 heteroatoms.